The van der Waals surface area contributed by atoms with E-state index in [2.05, 4.69) is 15.9 Å². The molecule has 5 heteroatoms. The minimum atomic E-state index is -0.910. The summed E-state index contributed by atoms with van der Waals surface area (Å²) in [7, 11) is 3.17. The van der Waals surface area contributed by atoms with Crippen molar-refractivity contribution in [2.75, 3.05) is 20.7 Å². The van der Waals surface area contributed by atoms with Gasteiger partial charge in [-0.2, -0.15) is 0 Å². The highest BCUT2D eigenvalue weighted by Gasteiger charge is 2.06. The molecule has 0 saturated heterocycles. The molecule has 1 N–H and O–H groups in total. The molecule has 0 aliphatic rings. The second-order valence-corrected chi connectivity index (χ2v) is 4.28. The molecule has 0 aromatic heterocycles. The minimum Gasteiger partial charge on any atom is -0.496 e. The van der Waals surface area contributed by atoms with Crippen LogP contribution >= 0.6 is 15.9 Å². The topological polar surface area (TPSA) is 49.8 Å². The van der Waals surface area contributed by atoms with Crippen molar-refractivity contribution in [3.8, 4) is 5.75 Å². The van der Waals surface area contributed by atoms with Gasteiger partial charge in [0, 0.05) is 13.6 Å². The van der Waals surface area contributed by atoms with Crippen LogP contribution in [0.2, 0.25) is 0 Å². The molecule has 88 valence electrons. The molecule has 16 heavy (non-hydrogen) atoms. The predicted octanol–water partition coefficient (Wildman–Crippen LogP) is 2.61. The fourth-order valence-corrected chi connectivity index (χ4v) is 1.85. The summed E-state index contributed by atoms with van der Waals surface area (Å²) >= 11 is 3.39. The lowest BCUT2D eigenvalue weighted by Crippen LogP contribution is -2.26. The van der Waals surface area contributed by atoms with E-state index in [1.807, 2.05) is 18.2 Å². The molecule has 0 atom stereocenters. The Morgan fingerprint density at radius 1 is 1.56 bits per heavy atom. The molecule has 0 unspecified atom stereocenters. The maximum Gasteiger partial charge on any atom is 0.407 e. The number of carboxylic acid groups (broad SMARTS) is 1. The maximum atomic E-state index is 10.6. The van der Waals surface area contributed by atoms with E-state index in [1.54, 1.807) is 14.2 Å². The molecular weight excluding hydrogens is 274 g/mol. The molecule has 0 aliphatic carbocycles. The number of amides is 1. The van der Waals surface area contributed by atoms with E-state index in [9.17, 15) is 4.79 Å². The first kappa shape index (κ1) is 12.8. The van der Waals surface area contributed by atoms with Crippen LogP contribution in [0.5, 0.6) is 5.75 Å². The zero-order valence-corrected chi connectivity index (χ0v) is 10.8. The summed E-state index contributed by atoms with van der Waals surface area (Å²) in [6, 6.07) is 5.73. The SMILES string of the molecule is COc1ccc(CCN(C)C(=O)O)cc1Br. The number of methoxy groups -OCH3 is 1. The highest BCUT2D eigenvalue weighted by atomic mass is 79.9. The van der Waals surface area contributed by atoms with E-state index in [0.29, 0.717) is 13.0 Å². The second kappa shape index (κ2) is 5.75. The monoisotopic (exact) mass is 287 g/mol. The lowest BCUT2D eigenvalue weighted by molar-refractivity contribution is 0.156. The van der Waals surface area contributed by atoms with Gasteiger partial charge in [0.15, 0.2) is 0 Å². The highest BCUT2D eigenvalue weighted by Crippen LogP contribution is 2.25. The fourth-order valence-electron chi connectivity index (χ4n) is 1.26. The van der Waals surface area contributed by atoms with Crippen molar-refractivity contribution in [2.24, 2.45) is 0 Å². The van der Waals surface area contributed by atoms with Crippen molar-refractivity contribution >= 4 is 22.0 Å². The molecule has 1 aromatic rings. The van der Waals surface area contributed by atoms with Crippen LogP contribution in [0.3, 0.4) is 0 Å². The number of nitrogens with zero attached hydrogens (tertiary/aromatic N) is 1. The Bertz CT molecular complexity index is 381. The van der Waals surface area contributed by atoms with Crippen LogP contribution in [-0.4, -0.2) is 36.8 Å². The molecule has 0 fully saturated rings. The van der Waals surface area contributed by atoms with E-state index in [1.165, 1.54) is 4.90 Å². The van der Waals surface area contributed by atoms with Crippen LogP contribution in [0.15, 0.2) is 22.7 Å². The van der Waals surface area contributed by atoms with Gasteiger partial charge in [-0.15, -0.1) is 0 Å². The predicted molar refractivity (Wildman–Crippen MR) is 65.1 cm³/mol. The summed E-state index contributed by atoms with van der Waals surface area (Å²) in [6.45, 7) is 0.480. The van der Waals surface area contributed by atoms with Crippen molar-refractivity contribution in [3.05, 3.63) is 28.2 Å². The number of carbonyl (C=O) groups is 1. The number of halogens is 1. The number of hydrogen-bond donors (Lipinski definition) is 1. The smallest absolute Gasteiger partial charge is 0.407 e. The van der Waals surface area contributed by atoms with Crippen molar-refractivity contribution in [3.63, 3.8) is 0 Å². The number of benzene rings is 1. The Kier molecular flexibility index (Phi) is 4.61. The largest absolute Gasteiger partial charge is 0.496 e. The van der Waals surface area contributed by atoms with Crippen LogP contribution in [0, 0.1) is 0 Å². The molecule has 0 radical (unpaired) electrons. The van der Waals surface area contributed by atoms with Gasteiger partial charge in [0.25, 0.3) is 0 Å². The zero-order valence-electron chi connectivity index (χ0n) is 9.24. The first-order chi connectivity index (χ1) is 7.54. The summed E-state index contributed by atoms with van der Waals surface area (Å²) in [5.41, 5.74) is 1.07. The van der Waals surface area contributed by atoms with Gasteiger partial charge in [-0.25, -0.2) is 4.79 Å². The average Bonchev–Trinajstić information content (AvgIpc) is 2.25. The lowest BCUT2D eigenvalue weighted by atomic mass is 10.1. The standard InChI is InChI=1S/C11H14BrNO3/c1-13(11(14)15)6-5-8-3-4-10(16-2)9(12)7-8/h3-4,7H,5-6H2,1-2H3,(H,14,15). The molecule has 0 aliphatic heterocycles. The van der Waals surface area contributed by atoms with Crippen LogP contribution < -0.4 is 4.74 Å². The van der Waals surface area contributed by atoms with Gasteiger partial charge in [0.05, 0.1) is 11.6 Å². The molecule has 0 saturated carbocycles. The van der Waals surface area contributed by atoms with Crippen molar-refractivity contribution < 1.29 is 14.6 Å². The second-order valence-electron chi connectivity index (χ2n) is 3.42. The van der Waals surface area contributed by atoms with Crippen LogP contribution in [0.1, 0.15) is 5.56 Å². The van der Waals surface area contributed by atoms with Gasteiger partial charge < -0.3 is 14.7 Å². The van der Waals surface area contributed by atoms with E-state index >= 15 is 0 Å². The molecule has 1 rings (SSSR count). The fraction of sp³-hybridized carbons (Fsp3) is 0.364. The molecule has 4 nitrogen and oxygen atoms in total. The zero-order chi connectivity index (χ0) is 12.1. The third-order valence-electron chi connectivity index (χ3n) is 2.28. The Balaban J connectivity index is 2.62. The maximum absolute atomic E-state index is 10.6. The third-order valence-corrected chi connectivity index (χ3v) is 2.90. The van der Waals surface area contributed by atoms with Gasteiger partial charge in [-0.05, 0) is 40.0 Å². The summed E-state index contributed by atoms with van der Waals surface area (Å²) in [5.74, 6) is 0.773. The summed E-state index contributed by atoms with van der Waals surface area (Å²) < 4.78 is 5.99. The molecule has 1 amide bonds. The van der Waals surface area contributed by atoms with Crippen molar-refractivity contribution in [1.82, 2.24) is 4.90 Å². The number of rotatable bonds is 4. The van der Waals surface area contributed by atoms with Crippen LogP contribution in [-0.2, 0) is 6.42 Å². The van der Waals surface area contributed by atoms with E-state index in [-0.39, 0.29) is 0 Å². The molecule has 0 heterocycles. The van der Waals surface area contributed by atoms with Crippen LogP contribution in [0.25, 0.3) is 0 Å². The molecule has 1 aromatic carbocycles. The average molecular weight is 288 g/mol. The quantitative estimate of drug-likeness (QED) is 0.926. The summed E-state index contributed by atoms with van der Waals surface area (Å²) in [4.78, 5) is 11.8. The molecule has 0 spiro atoms. The lowest BCUT2D eigenvalue weighted by Gasteiger charge is -2.13. The number of likely N-dealkylation sites (N-methyl/N-ethyl adjacent to an activating group) is 1. The highest BCUT2D eigenvalue weighted by molar-refractivity contribution is 9.10. The first-order valence-corrected chi connectivity index (χ1v) is 5.60. The van der Waals surface area contributed by atoms with Gasteiger partial charge in [-0.3, -0.25) is 0 Å². The Hall–Kier alpha value is -1.23. The Morgan fingerprint density at radius 2 is 2.25 bits per heavy atom. The Morgan fingerprint density at radius 3 is 2.75 bits per heavy atom. The molecular formula is C11H14BrNO3. The van der Waals surface area contributed by atoms with Crippen LogP contribution in [0.4, 0.5) is 4.79 Å². The molecule has 0 bridgehead atoms. The summed E-state index contributed by atoms with van der Waals surface area (Å²) in [6.07, 6.45) is -0.224. The third kappa shape index (κ3) is 3.41. The van der Waals surface area contributed by atoms with Crippen molar-refractivity contribution in [1.29, 1.82) is 0 Å². The van der Waals surface area contributed by atoms with Gasteiger partial charge in [-0.1, -0.05) is 6.07 Å². The normalized spacial score (nSPS) is 9.94. The first-order valence-electron chi connectivity index (χ1n) is 4.81. The van der Waals surface area contributed by atoms with Gasteiger partial charge in [0.2, 0.25) is 0 Å². The van der Waals surface area contributed by atoms with E-state index in [0.717, 1.165) is 15.8 Å². The van der Waals surface area contributed by atoms with Crippen molar-refractivity contribution in [2.45, 2.75) is 6.42 Å². The van der Waals surface area contributed by atoms with Gasteiger partial charge >= 0.3 is 6.09 Å². The Labute approximate surface area is 103 Å². The minimum absolute atomic E-state index is 0.480. The van der Waals surface area contributed by atoms with E-state index in [4.69, 9.17) is 9.84 Å². The summed E-state index contributed by atoms with van der Waals surface area (Å²) in [5, 5.41) is 8.69. The van der Waals surface area contributed by atoms with E-state index < -0.39 is 6.09 Å². The number of ether oxygens (including phenoxy) is 1. The van der Waals surface area contributed by atoms with Gasteiger partial charge in [0.1, 0.15) is 5.75 Å². The number of hydrogen-bond acceptors (Lipinski definition) is 2.